The molecule has 1 fully saturated rings. The molecule has 2 rings (SSSR count). The molecule has 5 heteroatoms. The topological polar surface area (TPSA) is 75.0 Å². The summed E-state index contributed by atoms with van der Waals surface area (Å²) in [6.07, 6.45) is 3.65. The molecule has 5 nitrogen and oxygen atoms in total. The summed E-state index contributed by atoms with van der Waals surface area (Å²) in [5.74, 6) is 0.0914. The van der Waals surface area contributed by atoms with E-state index < -0.39 is 0 Å². The van der Waals surface area contributed by atoms with E-state index in [1.165, 1.54) is 13.2 Å². The minimum Gasteiger partial charge on any atom is -0.489 e. The van der Waals surface area contributed by atoms with E-state index in [4.69, 9.17) is 10.00 Å². The first-order chi connectivity index (χ1) is 7.76. The van der Waals surface area contributed by atoms with Crippen LogP contribution in [0.2, 0.25) is 0 Å². The Bertz CT molecular complexity index is 461. The van der Waals surface area contributed by atoms with Gasteiger partial charge in [-0.05, 0) is 18.9 Å². The lowest BCUT2D eigenvalue weighted by Gasteiger charge is -2.10. The van der Waals surface area contributed by atoms with Crippen molar-refractivity contribution in [1.29, 1.82) is 5.26 Å². The Morgan fingerprint density at radius 1 is 1.69 bits per heavy atom. The van der Waals surface area contributed by atoms with Crippen LogP contribution in [0, 0.1) is 11.3 Å². The van der Waals surface area contributed by atoms with E-state index in [-0.39, 0.29) is 23.3 Å². The van der Waals surface area contributed by atoms with Gasteiger partial charge < -0.3 is 10.1 Å². The molecule has 1 saturated carbocycles. The molecular formula is C11H11N3O2. The third-order valence-corrected chi connectivity index (χ3v) is 2.29. The summed E-state index contributed by atoms with van der Waals surface area (Å²) in [6.45, 7) is 0. The predicted octanol–water partition coefficient (Wildman–Crippen LogP) is 0.854. The minimum absolute atomic E-state index is 0.0949. The first-order valence-corrected chi connectivity index (χ1v) is 5.04. The van der Waals surface area contributed by atoms with Crippen LogP contribution in [0.25, 0.3) is 0 Å². The molecule has 0 bridgehead atoms. The molecule has 1 aromatic heterocycles. The van der Waals surface area contributed by atoms with E-state index in [2.05, 4.69) is 10.3 Å². The van der Waals surface area contributed by atoms with Crippen molar-refractivity contribution >= 4 is 5.91 Å². The standard InChI is InChI=1S/C11H11N3O2/c1-13-11(15)10-8(6-12)14-5-4-9(10)16-7-2-3-7/h4-5,7H,2-3H2,1H3,(H,13,15). The molecular weight excluding hydrogens is 206 g/mol. The maximum Gasteiger partial charge on any atom is 0.257 e. The molecule has 1 amide bonds. The summed E-state index contributed by atoms with van der Waals surface area (Å²) in [6, 6.07) is 3.51. The Morgan fingerprint density at radius 3 is 3.00 bits per heavy atom. The van der Waals surface area contributed by atoms with Crippen LogP contribution in [0.3, 0.4) is 0 Å². The number of rotatable bonds is 3. The molecule has 0 spiro atoms. The maximum absolute atomic E-state index is 11.6. The third kappa shape index (κ3) is 1.96. The first-order valence-electron chi connectivity index (χ1n) is 5.04. The molecule has 0 radical (unpaired) electrons. The normalized spacial score (nSPS) is 14.0. The van der Waals surface area contributed by atoms with Gasteiger partial charge in [0.15, 0.2) is 5.69 Å². The van der Waals surface area contributed by atoms with Crippen LogP contribution in [0.1, 0.15) is 28.9 Å². The van der Waals surface area contributed by atoms with Gasteiger partial charge >= 0.3 is 0 Å². The monoisotopic (exact) mass is 217 g/mol. The number of hydrogen-bond donors (Lipinski definition) is 1. The maximum atomic E-state index is 11.6. The van der Waals surface area contributed by atoms with Crippen LogP contribution < -0.4 is 10.1 Å². The van der Waals surface area contributed by atoms with Gasteiger partial charge in [-0.1, -0.05) is 0 Å². The van der Waals surface area contributed by atoms with Crippen LogP contribution in [0.4, 0.5) is 0 Å². The number of pyridine rings is 1. The molecule has 16 heavy (non-hydrogen) atoms. The molecule has 1 aliphatic rings. The van der Waals surface area contributed by atoms with Crippen LogP contribution in [0.15, 0.2) is 12.3 Å². The largest absolute Gasteiger partial charge is 0.489 e. The van der Waals surface area contributed by atoms with E-state index in [1.54, 1.807) is 6.07 Å². The minimum atomic E-state index is -0.347. The van der Waals surface area contributed by atoms with Gasteiger partial charge in [0, 0.05) is 13.2 Å². The molecule has 0 unspecified atom stereocenters. The van der Waals surface area contributed by atoms with Crippen molar-refractivity contribution < 1.29 is 9.53 Å². The zero-order valence-electron chi connectivity index (χ0n) is 8.86. The van der Waals surface area contributed by atoms with E-state index >= 15 is 0 Å². The van der Waals surface area contributed by atoms with E-state index in [9.17, 15) is 4.79 Å². The lowest BCUT2D eigenvalue weighted by molar-refractivity contribution is 0.0958. The average molecular weight is 217 g/mol. The van der Waals surface area contributed by atoms with Crippen molar-refractivity contribution in [3.05, 3.63) is 23.5 Å². The van der Waals surface area contributed by atoms with Crippen molar-refractivity contribution in [3.63, 3.8) is 0 Å². The van der Waals surface area contributed by atoms with E-state index in [1.807, 2.05) is 6.07 Å². The average Bonchev–Trinajstić information content (AvgIpc) is 3.11. The summed E-state index contributed by atoms with van der Waals surface area (Å²) in [7, 11) is 1.51. The smallest absolute Gasteiger partial charge is 0.257 e. The number of ether oxygens (including phenoxy) is 1. The second kappa shape index (κ2) is 4.19. The highest BCUT2D eigenvalue weighted by molar-refractivity contribution is 5.98. The lowest BCUT2D eigenvalue weighted by atomic mass is 10.1. The van der Waals surface area contributed by atoms with Gasteiger partial charge in [0.05, 0.1) is 6.10 Å². The quantitative estimate of drug-likeness (QED) is 0.814. The van der Waals surface area contributed by atoms with Gasteiger partial charge in [-0.3, -0.25) is 4.79 Å². The molecule has 1 aliphatic carbocycles. The molecule has 1 N–H and O–H groups in total. The first kappa shape index (κ1) is 10.4. The van der Waals surface area contributed by atoms with Gasteiger partial charge in [0.25, 0.3) is 5.91 Å². The van der Waals surface area contributed by atoms with Crippen molar-refractivity contribution in [2.75, 3.05) is 7.05 Å². The summed E-state index contributed by atoms with van der Waals surface area (Å²) >= 11 is 0. The lowest BCUT2D eigenvalue weighted by Crippen LogP contribution is -2.21. The number of carbonyl (C=O) groups is 1. The van der Waals surface area contributed by atoms with Gasteiger partial charge in [0.1, 0.15) is 17.4 Å². The second-order valence-corrected chi connectivity index (χ2v) is 3.54. The van der Waals surface area contributed by atoms with Crippen molar-refractivity contribution in [2.45, 2.75) is 18.9 Å². The third-order valence-electron chi connectivity index (χ3n) is 2.29. The summed E-state index contributed by atoms with van der Waals surface area (Å²) in [4.78, 5) is 15.5. The Balaban J connectivity index is 2.41. The fraction of sp³-hybridized carbons (Fsp3) is 0.364. The van der Waals surface area contributed by atoms with Crippen LogP contribution >= 0.6 is 0 Å². The highest BCUT2D eigenvalue weighted by Gasteiger charge is 2.27. The Morgan fingerprint density at radius 2 is 2.44 bits per heavy atom. The van der Waals surface area contributed by atoms with Crippen LogP contribution in [-0.2, 0) is 0 Å². The summed E-state index contributed by atoms with van der Waals surface area (Å²) in [5, 5.41) is 11.4. The SMILES string of the molecule is CNC(=O)c1c(OC2CC2)ccnc1C#N. The van der Waals surface area contributed by atoms with Gasteiger partial charge in [-0.25, -0.2) is 4.98 Å². The molecule has 0 saturated heterocycles. The van der Waals surface area contributed by atoms with Crippen LogP contribution in [0.5, 0.6) is 5.75 Å². The van der Waals surface area contributed by atoms with Crippen molar-refractivity contribution in [3.8, 4) is 11.8 Å². The second-order valence-electron chi connectivity index (χ2n) is 3.54. The fourth-order valence-corrected chi connectivity index (χ4v) is 1.34. The number of nitriles is 1. The van der Waals surface area contributed by atoms with Gasteiger partial charge in [-0.15, -0.1) is 0 Å². The number of nitrogens with one attached hydrogen (secondary N) is 1. The molecule has 1 heterocycles. The highest BCUT2D eigenvalue weighted by atomic mass is 16.5. The zero-order chi connectivity index (χ0) is 11.5. The van der Waals surface area contributed by atoms with Crippen LogP contribution in [-0.4, -0.2) is 24.0 Å². The van der Waals surface area contributed by atoms with Gasteiger partial charge in [-0.2, -0.15) is 5.26 Å². The Labute approximate surface area is 93.1 Å². The number of amides is 1. The Kier molecular flexibility index (Phi) is 2.73. The predicted molar refractivity (Wildman–Crippen MR) is 56.0 cm³/mol. The van der Waals surface area contributed by atoms with E-state index in [0.717, 1.165) is 12.8 Å². The highest BCUT2D eigenvalue weighted by Crippen LogP contribution is 2.29. The number of aromatic nitrogens is 1. The van der Waals surface area contributed by atoms with Crippen molar-refractivity contribution in [2.24, 2.45) is 0 Å². The Hall–Kier alpha value is -2.09. The molecule has 0 atom stereocenters. The summed E-state index contributed by atoms with van der Waals surface area (Å²) in [5.41, 5.74) is 0.317. The molecule has 82 valence electrons. The van der Waals surface area contributed by atoms with E-state index in [0.29, 0.717) is 5.75 Å². The number of nitrogens with zero attached hydrogens (tertiary/aromatic N) is 2. The summed E-state index contributed by atoms with van der Waals surface area (Å²) < 4.78 is 5.57. The fourth-order valence-electron chi connectivity index (χ4n) is 1.34. The molecule has 1 aromatic rings. The van der Waals surface area contributed by atoms with Crippen molar-refractivity contribution in [1.82, 2.24) is 10.3 Å². The van der Waals surface area contributed by atoms with Gasteiger partial charge in [0.2, 0.25) is 0 Å². The molecule has 0 aliphatic heterocycles. The zero-order valence-corrected chi connectivity index (χ0v) is 8.86. The number of hydrogen-bond acceptors (Lipinski definition) is 4. The molecule has 0 aromatic carbocycles. The number of carbonyl (C=O) groups excluding carboxylic acids is 1.